The van der Waals surface area contributed by atoms with Crippen LogP contribution in [-0.4, -0.2) is 4.57 Å². The van der Waals surface area contributed by atoms with Crippen LogP contribution in [0.5, 0.6) is 0 Å². The first kappa shape index (κ1) is 13.0. The topological polar surface area (TPSA) is 48.0 Å². The van der Waals surface area contributed by atoms with E-state index in [-0.39, 0.29) is 11.6 Å². The third-order valence-electron chi connectivity index (χ3n) is 3.07. The lowest BCUT2D eigenvalue weighted by molar-refractivity contribution is 0.481. The molecular formula is C13H22N2O. The summed E-state index contributed by atoms with van der Waals surface area (Å²) in [5.74, 6) is 0.355. The van der Waals surface area contributed by atoms with Gasteiger partial charge in [-0.2, -0.15) is 0 Å². The Hall–Kier alpha value is -1.09. The van der Waals surface area contributed by atoms with Crippen LogP contribution in [0.4, 0.5) is 0 Å². The van der Waals surface area contributed by atoms with Gasteiger partial charge in [-0.25, -0.2) is 0 Å². The van der Waals surface area contributed by atoms with Gasteiger partial charge in [0.2, 0.25) is 0 Å². The lowest BCUT2D eigenvalue weighted by Crippen LogP contribution is -2.30. The summed E-state index contributed by atoms with van der Waals surface area (Å²) >= 11 is 0. The van der Waals surface area contributed by atoms with Crippen LogP contribution in [-0.2, 0) is 6.54 Å². The maximum Gasteiger partial charge on any atom is 0.255 e. The first-order valence-corrected chi connectivity index (χ1v) is 5.97. The fraction of sp³-hybridized carbons (Fsp3) is 0.615. The minimum absolute atomic E-state index is 0.0723. The Labute approximate surface area is 97.3 Å². The molecule has 0 bridgehead atoms. The van der Waals surface area contributed by atoms with Crippen molar-refractivity contribution in [2.75, 3.05) is 0 Å². The van der Waals surface area contributed by atoms with E-state index < -0.39 is 0 Å². The number of nitrogens with two attached hydrogens (primary N) is 1. The monoisotopic (exact) mass is 222 g/mol. The molecule has 0 aliphatic carbocycles. The highest BCUT2D eigenvalue weighted by atomic mass is 16.1. The van der Waals surface area contributed by atoms with Gasteiger partial charge in [-0.3, -0.25) is 4.79 Å². The molecule has 1 aromatic heterocycles. The van der Waals surface area contributed by atoms with E-state index in [1.54, 1.807) is 0 Å². The van der Waals surface area contributed by atoms with E-state index >= 15 is 0 Å². The molecule has 0 aliphatic rings. The predicted molar refractivity (Wildman–Crippen MR) is 67.7 cm³/mol. The highest BCUT2D eigenvalue weighted by Gasteiger charge is 2.14. The van der Waals surface area contributed by atoms with Crippen molar-refractivity contribution in [2.24, 2.45) is 5.73 Å². The van der Waals surface area contributed by atoms with E-state index in [0.717, 1.165) is 12.1 Å². The molecule has 0 aliphatic heterocycles. The molecule has 2 N–H and O–H groups in total. The third kappa shape index (κ3) is 2.35. The molecular weight excluding hydrogens is 200 g/mol. The number of aromatic nitrogens is 1. The lowest BCUT2D eigenvalue weighted by atomic mass is 10.1. The van der Waals surface area contributed by atoms with E-state index in [1.165, 1.54) is 0 Å². The molecule has 90 valence electrons. The number of hydrogen-bond donors (Lipinski definition) is 1. The van der Waals surface area contributed by atoms with Gasteiger partial charge in [0.05, 0.1) is 0 Å². The second-order valence-corrected chi connectivity index (χ2v) is 4.57. The van der Waals surface area contributed by atoms with Crippen LogP contribution in [0.15, 0.2) is 16.9 Å². The number of nitrogens with zero attached hydrogens (tertiary/aromatic N) is 1. The Kier molecular flexibility index (Phi) is 4.30. The van der Waals surface area contributed by atoms with Crippen molar-refractivity contribution in [3.63, 3.8) is 0 Å². The maximum atomic E-state index is 12.2. The van der Waals surface area contributed by atoms with Gasteiger partial charge in [-0.15, -0.1) is 0 Å². The van der Waals surface area contributed by atoms with Crippen LogP contribution in [0.1, 0.15) is 57.3 Å². The van der Waals surface area contributed by atoms with Gasteiger partial charge in [0, 0.05) is 23.8 Å². The van der Waals surface area contributed by atoms with Crippen LogP contribution in [0.2, 0.25) is 0 Å². The van der Waals surface area contributed by atoms with Crippen molar-refractivity contribution in [1.82, 2.24) is 4.57 Å². The van der Waals surface area contributed by atoms with Crippen LogP contribution >= 0.6 is 0 Å². The molecule has 16 heavy (non-hydrogen) atoms. The first-order valence-electron chi connectivity index (χ1n) is 5.97. The van der Waals surface area contributed by atoms with E-state index in [4.69, 9.17) is 5.73 Å². The zero-order valence-electron chi connectivity index (χ0n) is 10.7. The third-order valence-corrected chi connectivity index (χ3v) is 3.07. The van der Waals surface area contributed by atoms with Crippen molar-refractivity contribution in [1.29, 1.82) is 0 Å². The number of hydrogen-bond acceptors (Lipinski definition) is 2. The summed E-state index contributed by atoms with van der Waals surface area (Å²) in [6.07, 6.45) is 0.952. The van der Waals surface area contributed by atoms with E-state index in [0.29, 0.717) is 18.0 Å². The summed E-state index contributed by atoms with van der Waals surface area (Å²) in [6, 6.07) is 4.12. The Morgan fingerprint density at radius 3 is 2.38 bits per heavy atom. The van der Waals surface area contributed by atoms with E-state index in [2.05, 4.69) is 27.7 Å². The summed E-state index contributed by atoms with van der Waals surface area (Å²) in [4.78, 5) is 12.2. The van der Waals surface area contributed by atoms with Gasteiger partial charge in [-0.05, 0) is 25.3 Å². The predicted octanol–water partition coefficient (Wildman–Crippen LogP) is 2.40. The van der Waals surface area contributed by atoms with Crippen LogP contribution in [0.25, 0.3) is 0 Å². The average Bonchev–Trinajstić information content (AvgIpc) is 2.27. The smallest absolute Gasteiger partial charge is 0.255 e. The molecule has 3 nitrogen and oxygen atoms in total. The molecule has 0 spiro atoms. The quantitative estimate of drug-likeness (QED) is 0.850. The van der Waals surface area contributed by atoms with Gasteiger partial charge in [0.15, 0.2) is 0 Å². The fourth-order valence-electron chi connectivity index (χ4n) is 1.87. The Balaban J connectivity index is 3.43. The molecule has 0 amide bonds. The lowest BCUT2D eigenvalue weighted by Gasteiger charge is -2.21. The van der Waals surface area contributed by atoms with Crippen LogP contribution < -0.4 is 11.3 Å². The van der Waals surface area contributed by atoms with Crippen molar-refractivity contribution in [3.05, 3.63) is 33.7 Å². The van der Waals surface area contributed by atoms with Gasteiger partial charge >= 0.3 is 0 Å². The van der Waals surface area contributed by atoms with E-state index in [1.807, 2.05) is 16.7 Å². The molecule has 0 saturated heterocycles. The number of pyridine rings is 1. The summed E-state index contributed by atoms with van der Waals surface area (Å²) < 4.78 is 1.90. The molecule has 1 aromatic rings. The molecule has 1 atom stereocenters. The minimum atomic E-state index is 0.0723. The standard InChI is InChI=1S/C13H22N2O/c1-5-10(4)15-12(9(2)3)7-6-11(8-14)13(15)16/h6-7,9-10H,5,8,14H2,1-4H3. The zero-order valence-corrected chi connectivity index (χ0v) is 10.7. The average molecular weight is 222 g/mol. The molecule has 1 heterocycles. The second kappa shape index (κ2) is 5.30. The highest BCUT2D eigenvalue weighted by Crippen LogP contribution is 2.18. The largest absolute Gasteiger partial charge is 0.326 e. The minimum Gasteiger partial charge on any atom is -0.326 e. The number of rotatable bonds is 4. The molecule has 0 fully saturated rings. The molecule has 0 radical (unpaired) electrons. The molecule has 3 heteroatoms. The van der Waals surface area contributed by atoms with Crippen molar-refractivity contribution in [3.8, 4) is 0 Å². The Bertz CT molecular complexity index is 407. The Morgan fingerprint density at radius 2 is 1.94 bits per heavy atom. The highest BCUT2D eigenvalue weighted by molar-refractivity contribution is 5.19. The fourth-order valence-corrected chi connectivity index (χ4v) is 1.87. The SMILES string of the molecule is CCC(C)n1c(C(C)C)ccc(CN)c1=O. The summed E-state index contributed by atoms with van der Waals surface area (Å²) in [5, 5.41) is 0. The summed E-state index contributed by atoms with van der Waals surface area (Å²) in [5.41, 5.74) is 7.44. The van der Waals surface area contributed by atoms with Gasteiger partial charge < -0.3 is 10.3 Å². The van der Waals surface area contributed by atoms with Crippen LogP contribution in [0, 0.1) is 0 Å². The molecule has 1 rings (SSSR count). The molecule has 0 saturated carbocycles. The molecule has 0 aromatic carbocycles. The van der Waals surface area contributed by atoms with Crippen molar-refractivity contribution >= 4 is 0 Å². The van der Waals surface area contributed by atoms with Gasteiger partial charge in [-0.1, -0.05) is 26.8 Å². The van der Waals surface area contributed by atoms with Crippen molar-refractivity contribution in [2.45, 2.75) is 52.6 Å². The summed E-state index contributed by atoms with van der Waals surface area (Å²) in [6.45, 7) is 8.70. The zero-order chi connectivity index (χ0) is 12.3. The van der Waals surface area contributed by atoms with Gasteiger partial charge in [0.25, 0.3) is 5.56 Å². The second-order valence-electron chi connectivity index (χ2n) is 4.57. The molecule has 1 unspecified atom stereocenters. The van der Waals surface area contributed by atoms with Crippen LogP contribution in [0.3, 0.4) is 0 Å². The normalized spacial score (nSPS) is 13.1. The van der Waals surface area contributed by atoms with Crippen molar-refractivity contribution < 1.29 is 0 Å². The van der Waals surface area contributed by atoms with Gasteiger partial charge in [0.1, 0.15) is 0 Å². The van der Waals surface area contributed by atoms with E-state index in [9.17, 15) is 4.79 Å². The first-order chi connectivity index (χ1) is 7.52. The Morgan fingerprint density at radius 1 is 1.31 bits per heavy atom. The maximum absolute atomic E-state index is 12.2. The summed E-state index contributed by atoms with van der Waals surface area (Å²) in [7, 11) is 0.